The van der Waals surface area contributed by atoms with Crippen LogP contribution in [0.5, 0.6) is 0 Å². The van der Waals surface area contributed by atoms with E-state index in [1.807, 2.05) is 0 Å². The lowest BCUT2D eigenvalue weighted by Crippen LogP contribution is -2.12. The van der Waals surface area contributed by atoms with E-state index in [1.54, 1.807) is 6.92 Å². The Hall–Kier alpha value is -2.03. The number of hydrogen-bond acceptors (Lipinski definition) is 7. The van der Waals surface area contributed by atoms with Crippen LogP contribution >= 0.6 is 11.8 Å². The second-order valence-electron chi connectivity index (χ2n) is 2.96. The van der Waals surface area contributed by atoms with Gasteiger partial charge in [-0.3, -0.25) is 9.59 Å². The Morgan fingerprint density at radius 2 is 1.79 bits per heavy atom. The quantitative estimate of drug-likeness (QED) is 0.404. The largest absolute Gasteiger partial charge is 0.481 e. The van der Waals surface area contributed by atoms with Crippen molar-refractivity contribution in [3.63, 3.8) is 0 Å². The molecular weight excluding hydrogens is 280 g/mol. The smallest absolute Gasteiger partial charge is 0.372 e. The number of carbonyl (C=O) groups is 4. The van der Waals surface area contributed by atoms with E-state index in [-0.39, 0.29) is 6.61 Å². The van der Waals surface area contributed by atoms with Crippen LogP contribution in [-0.4, -0.2) is 40.0 Å². The zero-order valence-corrected chi connectivity index (χ0v) is 10.8. The molecule has 0 aliphatic rings. The van der Waals surface area contributed by atoms with Crippen molar-refractivity contribution in [2.45, 2.75) is 19.8 Å². The molecule has 0 spiro atoms. The molecule has 0 rings (SSSR count). The number of thioether (sulfide) groups is 1. The van der Waals surface area contributed by atoms with Crippen LogP contribution in [0.2, 0.25) is 0 Å². The lowest BCUT2D eigenvalue weighted by atomic mass is 10.3. The summed E-state index contributed by atoms with van der Waals surface area (Å²) >= 11 is 0.406. The summed E-state index contributed by atoms with van der Waals surface area (Å²) in [6.45, 7) is 1.70. The standard InChI is InChI=1S/C10H12O8S/c1-2-17-10(16)19-5-6(9(14)15)18-8(13)4-3-7(11)12/h5H,2-4H2,1H3,(H,11,12)(H,14,15). The summed E-state index contributed by atoms with van der Waals surface area (Å²) in [7, 11) is 0. The van der Waals surface area contributed by atoms with E-state index in [0.29, 0.717) is 11.8 Å². The summed E-state index contributed by atoms with van der Waals surface area (Å²) in [4.78, 5) is 43.0. The highest BCUT2D eigenvalue weighted by atomic mass is 32.2. The lowest BCUT2D eigenvalue weighted by molar-refractivity contribution is -0.149. The molecule has 0 aromatic carbocycles. The Morgan fingerprint density at radius 1 is 1.16 bits per heavy atom. The van der Waals surface area contributed by atoms with Gasteiger partial charge in [0.1, 0.15) is 0 Å². The predicted octanol–water partition coefficient (Wildman–Crippen LogP) is 1.21. The van der Waals surface area contributed by atoms with Crippen LogP contribution in [0.25, 0.3) is 0 Å². The van der Waals surface area contributed by atoms with Crippen LogP contribution in [0.1, 0.15) is 19.8 Å². The molecule has 0 aliphatic carbocycles. The van der Waals surface area contributed by atoms with Gasteiger partial charge in [-0.05, 0) is 18.7 Å². The normalized spacial score (nSPS) is 10.7. The molecular formula is C10H12O8S. The summed E-state index contributed by atoms with van der Waals surface area (Å²) in [5.41, 5.74) is 0. The third-order valence-electron chi connectivity index (χ3n) is 1.50. The zero-order valence-electron chi connectivity index (χ0n) is 9.95. The minimum absolute atomic E-state index is 0.125. The molecule has 0 saturated carbocycles. The van der Waals surface area contributed by atoms with E-state index in [2.05, 4.69) is 9.47 Å². The van der Waals surface area contributed by atoms with Crippen molar-refractivity contribution < 1.29 is 38.9 Å². The summed E-state index contributed by atoms with van der Waals surface area (Å²) in [6.07, 6.45) is -0.944. The first-order valence-electron chi connectivity index (χ1n) is 5.06. The minimum Gasteiger partial charge on any atom is -0.481 e. The second kappa shape index (κ2) is 8.97. The van der Waals surface area contributed by atoms with E-state index in [4.69, 9.17) is 10.2 Å². The summed E-state index contributed by atoms with van der Waals surface area (Å²) in [5.74, 6) is -4.55. The third-order valence-corrected chi connectivity index (χ3v) is 2.14. The Labute approximate surface area is 112 Å². The molecule has 0 unspecified atom stereocenters. The number of esters is 1. The van der Waals surface area contributed by atoms with Gasteiger partial charge in [0.25, 0.3) is 0 Å². The number of ether oxygens (including phenoxy) is 2. The number of rotatable bonds is 7. The van der Waals surface area contributed by atoms with Gasteiger partial charge in [0, 0.05) is 5.41 Å². The Balaban J connectivity index is 4.44. The fourth-order valence-corrected chi connectivity index (χ4v) is 1.29. The van der Waals surface area contributed by atoms with Crippen molar-refractivity contribution in [1.29, 1.82) is 0 Å². The zero-order chi connectivity index (χ0) is 14.8. The maximum absolute atomic E-state index is 11.1. The summed E-state index contributed by atoms with van der Waals surface area (Å²) in [6, 6.07) is 0. The first-order chi connectivity index (χ1) is 8.86. The Morgan fingerprint density at radius 3 is 2.26 bits per heavy atom. The number of aliphatic carboxylic acids is 2. The van der Waals surface area contributed by atoms with Crippen molar-refractivity contribution in [3.8, 4) is 0 Å². The molecule has 0 saturated heterocycles. The van der Waals surface area contributed by atoms with Crippen molar-refractivity contribution in [2.75, 3.05) is 6.61 Å². The lowest BCUT2D eigenvalue weighted by Gasteiger charge is -2.03. The fourth-order valence-electron chi connectivity index (χ4n) is 0.754. The minimum atomic E-state index is -1.56. The van der Waals surface area contributed by atoms with Gasteiger partial charge in [-0.25, -0.2) is 9.59 Å². The molecule has 0 bridgehead atoms. The monoisotopic (exact) mass is 292 g/mol. The van der Waals surface area contributed by atoms with Gasteiger partial charge in [-0.1, -0.05) is 0 Å². The van der Waals surface area contributed by atoms with Crippen LogP contribution < -0.4 is 0 Å². The molecule has 106 valence electrons. The molecule has 2 N–H and O–H groups in total. The Bertz CT molecular complexity index is 400. The van der Waals surface area contributed by atoms with Crippen LogP contribution in [0.15, 0.2) is 11.2 Å². The topological polar surface area (TPSA) is 127 Å². The number of carboxylic acid groups (broad SMARTS) is 2. The highest BCUT2D eigenvalue weighted by Crippen LogP contribution is 2.13. The van der Waals surface area contributed by atoms with Gasteiger partial charge < -0.3 is 19.7 Å². The average Bonchev–Trinajstić information content (AvgIpc) is 2.31. The first kappa shape index (κ1) is 17.0. The van der Waals surface area contributed by atoms with E-state index in [9.17, 15) is 19.2 Å². The number of hydrogen-bond donors (Lipinski definition) is 2. The number of carboxylic acids is 2. The van der Waals surface area contributed by atoms with Crippen molar-refractivity contribution in [3.05, 3.63) is 11.2 Å². The number of carbonyl (C=O) groups excluding carboxylic acids is 2. The first-order valence-corrected chi connectivity index (χ1v) is 5.94. The van der Waals surface area contributed by atoms with E-state index >= 15 is 0 Å². The molecule has 0 aromatic rings. The SMILES string of the molecule is CCOC(=O)SC=C(OC(=O)CCC(=O)O)C(=O)O. The third kappa shape index (κ3) is 8.66. The van der Waals surface area contributed by atoms with Crippen LogP contribution in [0.4, 0.5) is 4.79 Å². The molecule has 8 nitrogen and oxygen atoms in total. The van der Waals surface area contributed by atoms with Gasteiger partial charge in [0.2, 0.25) is 5.76 Å². The molecule has 9 heteroatoms. The molecule has 0 aliphatic heterocycles. The average molecular weight is 292 g/mol. The van der Waals surface area contributed by atoms with Gasteiger partial charge in [0.05, 0.1) is 19.4 Å². The second-order valence-corrected chi connectivity index (χ2v) is 3.76. The van der Waals surface area contributed by atoms with Crippen LogP contribution in [-0.2, 0) is 23.9 Å². The molecule has 0 fully saturated rings. The van der Waals surface area contributed by atoms with Gasteiger partial charge in [-0.2, -0.15) is 0 Å². The van der Waals surface area contributed by atoms with Crippen LogP contribution in [0.3, 0.4) is 0 Å². The molecule has 19 heavy (non-hydrogen) atoms. The Kier molecular flexibility index (Phi) is 8.02. The fraction of sp³-hybridized carbons (Fsp3) is 0.400. The van der Waals surface area contributed by atoms with Crippen LogP contribution in [0, 0.1) is 0 Å². The van der Waals surface area contributed by atoms with Gasteiger partial charge in [0.15, 0.2) is 0 Å². The highest BCUT2D eigenvalue weighted by molar-refractivity contribution is 8.15. The molecule has 0 aromatic heterocycles. The highest BCUT2D eigenvalue weighted by Gasteiger charge is 2.16. The van der Waals surface area contributed by atoms with Crippen molar-refractivity contribution in [2.24, 2.45) is 0 Å². The van der Waals surface area contributed by atoms with E-state index in [0.717, 1.165) is 5.41 Å². The summed E-state index contributed by atoms with van der Waals surface area (Å²) in [5, 5.41) is 17.1. The van der Waals surface area contributed by atoms with Gasteiger partial charge in [-0.15, -0.1) is 0 Å². The maximum atomic E-state index is 11.1. The molecule has 0 atom stereocenters. The van der Waals surface area contributed by atoms with Crippen molar-refractivity contribution >= 4 is 35.0 Å². The van der Waals surface area contributed by atoms with Crippen molar-refractivity contribution in [1.82, 2.24) is 0 Å². The molecule has 0 amide bonds. The predicted molar refractivity (Wildman–Crippen MR) is 63.3 cm³/mol. The van der Waals surface area contributed by atoms with E-state index < -0.39 is 41.8 Å². The van der Waals surface area contributed by atoms with E-state index in [1.165, 1.54) is 0 Å². The van der Waals surface area contributed by atoms with Gasteiger partial charge >= 0.3 is 23.2 Å². The molecule has 0 heterocycles. The summed E-state index contributed by atoms with van der Waals surface area (Å²) < 4.78 is 8.95. The molecule has 0 radical (unpaired) electrons. The maximum Gasteiger partial charge on any atom is 0.372 e.